The number of hydrogen-bond acceptors (Lipinski definition) is 2. The summed E-state index contributed by atoms with van der Waals surface area (Å²) in [4.78, 5) is 12.1. The van der Waals surface area contributed by atoms with Gasteiger partial charge in [-0.05, 0) is 55.4 Å². The molecule has 0 aliphatic heterocycles. The Labute approximate surface area is 122 Å². The second-order valence-electron chi connectivity index (χ2n) is 5.39. The van der Waals surface area contributed by atoms with Crippen molar-refractivity contribution in [3.05, 3.63) is 33.8 Å². The average Bonchev–Trinajstić information content (AvgIpc) is 3.17. The normalized spacial score (nSPS) is 16.2. The minimum Gasteiger partial charge on any atom is -0.385 e. The monoisotopic (exact) mass is 325 g/mol. The minimum atomic E-state index is 0.0132. The van der Waals surface area contributed by atoms with Crippen LogP contribution in [-0.2, 0) is 4.74 Å². The largest absolute Gasteiger partial charge is 0.385 e. The maximum absolute atomic E-state index is 12.1. The summed E-state index contributed by atoms with van der Waals surface area (Å²) in [6.07, 6.45) is 3.41. The van der Waals surface area contributed by atoms with Gasteiger partial charge in [-0.2, -0.15) is 0 Å². The van der Waals surface area contributed by atoms with Crippen molar-refractivity contribution >= 4 is 21.8 Å². The van der Waals surface area contributed by atoms with Crippen LogP contribution in [0.3, 0.4) is 0 Å². The first-order chi connectivity index (χ1) is 9.06. The Morgan fingerprint density at radius 3 is 2.79 bits per heavy atom. The van der Waals surface area contributed by atoms with Gasteiger partial charge >= 0.3 is 0 Å². The Morgan fingerprint density at radius 2 is 2.21 bits per heavy atom. The molecule has 1 N–H and O–H groups in total. The lowest BCUT2D eigenvalue weighted by molar-refractivity contribution is 0.0938. The third kappa shape index (κ3) is 3.80. The standard InChI is InChI=1S/C15H20BrNO2/c1-11-9-12(3-4-13(11)16)14(18)17-10-15(5-6-15)7-8-19-2/h3-4,9H,5-8,10H2,1-2H3,(H,17,18). The van der Waals surface area contributed by atoms with E-state index in [2.05, 4.69) is 21.2 Å². The van der Waals surface area contributed by atoms with Gasteiger partial charge in [0.2, 0.25) is 0 Å². The van der Waals surface area contributed by atoms with Crippen LogP contribution in [-0.4, -0.2) is 26.2 Å². The lowest BCUT2D eigenvalue weighted by Crippen LogP contribution is -2.30. The Morgan fingerprint density at radius 1 is 1.47 bits per heavy atom. The number of hydrogen-bond donors (Lipinski definition) is 1. The Balaban J connectivity index is 1.89. The van der Waals surface area contributed by atoms with Crippen LogP contribution in [0.5, 0.6) is 0 Å². The van der Waals surface area contributed by atoms with Crippen LogP contribution in [0.4, 0.5) is 0 Å². The van der Waals surface area contributed by atoms with Gasteiger partial charge in [-0.25, -0.2) is 0 Å². The fraction of sp³-hybridized carbons (Fsp3) is 0.533. The van der Waals surface area contributed by atoms with Gasteiger partial charge in [0.25, 0.3) is 5.91 Å². The summed E-state index contributed by atoms with van der Waals surface area (Å²) in [6, 6.07) is 5.68. The molecule has 0 aromatic heterocycles. The molecule has 0 bridgehead atoms. The lowest BCUT2D eigenvalue weighted by atomic mass is 10.0. The summed E-state index contributed by atoms with van der Waals surface area (Å²) < 4.78 is 6.15. The van der Waals surface area contributed by atoms with Gasteiger partial charge in [-0.1, -0.05) is 15.9 Å². The molecule has 1 fully saturated rings. The van der Waals surface area contributed by atoms with E-state index in [1.165, 1.54) is 12.8 Å². The highest BCUT2D eigenvalue weighted by molar-refractivity contribution is 9.10. The maximum atomic E-state index is 12.1. The van der Waals surface area contributed by atoms with Crippen molar-refractivity contribution in [3.63, 3.8) is 0 Å². The number of nitrogens with one attached hydrogen (secondary N) is 1. The third-order valence-corrected chi connectivity index (χ3v) is 4.73. The van der Waals surface area contributed by atoms with Crippen LogP contribution in [0.2, 0.25) is 0 Å². The first kappa shape index (κ1) is 14.5. The van der Waals surface area contributed by atoms with Crippen LogP contribution in [0.25, 0.3) is 0 Å². The van der Waals surface area contributed by atoms with Gasteiger partial charge < -0.3 is 10.1 Å². The van der Waals surface area contributed by atoms with Crippen molar-refractivity contribution < 1.29 is 9.53 Å². The number of aryl methyl sites for hydroxylation is 1. The zero-order chi connectivity index (χ0) is 13.9. The van der Waals surface area contributed by atoms with Gasteiger partial charge in [0, 0.05) is 30.3 Å². The van der Waals surface area contributed by atoms with Crippen LogP contribution in [0.15, 0.2) is 22.7 Å². The van der Waals surface area contributed by atoms with Crippen LogP contribution >= 0.6 is 15.9 Å². The van der Waals surface area contributed by atoms with Crippen molar-refractivity contribution in [2.45, 2.75) is 26.2 Å². The van der Waals surface area contributed by atoms with Crippen LogP contribution in [0, 0.1) is 12.3 Å². The fourth-order valence-corrected chi connectivity index (χ4v) is 2.41. The van der Waals surface area contributed by atoms with E-state index in [9.17, 15) is 4.79 Å². The topological polar surface area (TPSA) is 38.3 Å². The zero-order valence-corrected chi connectivity index (χ0v) is 13.0. The van der Waals surface area contributed by atoms with E-state index in [0.717, 1.165) is 35.2 Å². The maximum Gasteiger partial charge on any atom is 0.251 e. The molecule has 0 heterocycles. The highest BCUT2D eigenvalue weighted by Crippen LogP contribution is 2.48. The smallest absolute Gasteiger partial charge is 0.251 e. The van der Waals surface area contributed by atoms with E-state index in [-0.39, 0.29) is 11.3 Å². The molecule has 0 atom stereocenters. The van der Waals surface area contributed by atoms with Gasteiger partial charge in [0.1, 0.15) is 0 Å². The molecule has 1 saturated carbocycles. The summed E-state index contributed by atoms with van der Waals surface area (Å²) in [7, 11) is 1.72. The predicted molar refractivity (Wildman–Crippen MR) is 79.4 cm³/mol. The van der Waals surface area contributed by atoms with E-state index in [0.29, 0.717) is 0 Å². The molecular formula is C15H20BrNO2. The second kappa shape index (κ2) is 6.06. The number of carbonyl (C=O) groups is 1. The minimum absolute atomic E-state index is 0.0132. The molecule has 2 rings (SSSR count). The molecule has 0 spiro atoms. The molecule has 104 valence electrons. The summed E-state index contributed by atoms with van der Waals surface area (Å²) in [5.74, 6) is 0.0132. The van der Waals surface area contributed by atoms with Gasteiger partial charge in [-0.15, -0.1) is 0 Å². The molecule has 1 amide bonds. The van der Waals surface area contributed by atoms with E-state index < -0.39 is 0 Å². The lowest BCUT2D eigenvalue weighted by Gasteiger charge is -2.15. The van der Waals surface area contributed by atoms with Crippen molar-refractivity contribution in [3.8, 4) is 0 Å². The van der Waals surface area contributed by atoms with Crippen molar-refractivity contribution in [1.29, 1.82) is 0 Å². The van der Waals surface area contributed by atoms with E-state index >= 15 is 0 Å². The van der Waals surface area contributed by atoms with Crippen molar-refractivity contribution in [2.75, 3.05) is 20.3 Å². The molecule has 1 aliphatic carbocycles. The molecule has 4 heteroatoms. The number of halogens is 1. The highest BCUT2D eigenvalue weighted by Gasteiger charge is 2.42. The molecule has 19 heavy (non-hydrogen) atoms. The van der Waals surface area contributed by atoms with E-state index in [4.69, 9.17) is 4.74 Å². The quantitative estimate of drug-likeness (QED) is 0.871. The summed E-state index contributed by atoms with van der Waals surface area (Å²) in [6.45, 7) is 3.51. The Kier molecular flexibility index (Phi) is 4.63. The predicted octanol–water partition coefficient (Wildman–Crippen LogP) is 3.30. The molecule has 0 unspecified atom stereocenters. The van der Waals surface area contributed by atoms with Crippen LogP contribution in [0.1, 0.15) is 35.2 Å². The number of rotatable bonds is 6. The Hall–Kier alpha value is -0.870. The van der Waals surface area contributed by atoms with Gasteiger partial charge in [-0.3, -0.25) is 4.79 Å². The van der Waals surface area contributed by atoms with Gasteiger partial charge in [0.05, 0.1) is 0 Å². The summed E-state index contributed by atoms with van der Waals surface area (Å²) in [5, 5.41) is 3.05. The summed E-state index contributed by atoms with van der Waals surface area (Å²) in [5.41, 5.74) is 2.09. The summed E-state index contributed by atoms with van der Waals surface area (Å²) >= 11 is 3.44. The molecule has 3 nitrogen and oxygen atoms in total. The molecular weight excluding hydrogens is 306 g/mol. The molecule has 1 aromatic rings. The Bertz CT molecular complexity index is 469. The number of carbonyl (C=O) groups excluding carboxylic acids is 1. The zero-order valence-electron chi connectivity index (χ0n) is 11.5. The highest BCUT2D eigenvalue weighted by atomic mass is 79.9. The number of benzene rings is 1. The third-order valence-electron chi connectivity index (χ3n) is 3.84. The van der Waals surface area contributed by atoms with Crippen molar-refractivity contribution in [1.82, 2.24) is 5.32 Å². The first-order valence-electron chi connectivity index (χ1n) is 6.60. The fourth-order valence-electron chi connectivity index (χ4n) is 2.17. The number of methoxy groups -OCH3 is 1. The first-order valence-corrected chi connectivity index (χ1v) is 7.39. The average molecular weight is 326 g/mol. The molecule has 1 aromatic carbocycles. The SMILES string of the molecule is COCCC1(CNC(=O)c2ccc(Br)c(C)c2)CC1. The molecule has 1 aliphatic rings. The van der Waals surface area contributed by atoms with E-state index in [1.807, 2.05) is 25.1 Å². The van der Waals surface area contributed by atoms with Crippen molar-refractivity contribution in [2.24, 2.45) is 5.41 Å². The molecule has 0 saturated heterocycles. The van der Waals surface area contributed by atoms with Crippen LogP contribution < -0.4 is 5.32 Å². The van der Waals surface area contributed by atoms with E-state index in [1.54, 1.807) is 7.11 Å². The second-order valence-corrected chi connectivity index (χ2v) is 6.24. The number of ether oxygens (including phenoxy) is 1. The number of amides is 1. The van der Waals surface area contributed by atoms with Gasteiger partial charge in [0.15, 0.2) is 0 Å². The molecule has 0 radical (unpaired) electrons.